The summed E-state index contributed by atoms with van der Waals surface area (Å²) in [5, 5.41) is 5.90. The minimum Gasteiger partial charge on any atom is -0.382 e. The average Bonchev–Trinajstić information content (AvgIpc) is 3.01. The lowest BCUT2D eigenvalue weighted by molar-refractivity contribution is 0.829. The number of nitrogens with two attached hydrogens (primary N) is 1. The van der Waals surface area contributed by atoms with Crippen LogP contribution in [0.4, 0.5) is 5.82 Å². The molecule has 0 radical (unpaired) electrons. The fourth-order valence-electron chi connectivity index (χ4n) is 2.57. The quantitative estimate of drug-likeness (QED) is 0.606. The largest absolute Gasteiger partial charge is 0.382 e. The third-order valence-corrected chi connectivity index (χ3v) is 3.93. The summed E-state index contributed by atoms with van der Waals surface area (Å²) in [6, 6.07) is 9.53. The van der Waals surface area contributed by atoms with Gasteiger partial charge in [0.25, 0.3) is 0 Å². The molecule has 0 unspecified atom stereocenters. The average molecular weight is 337 g/mol. The van der Waals surface area contributed by atoms with Crippen LogP contribution in [0.3, 0.4) is 0 Å². The van der Waals surface area contributed by atoms with Crippen molar-refractivity contribution in [2.75, 3.05) is 5.73 Å². The summed E-state index contributed by atoms with van der Waals surface area (Å²) in [5.74, 6) is 0.887. The van der Waals surface area contributed by atoms with E-state index in [9.17, 15) is 0 Å². The lowest BCUT2D eigenvalue weighted by Gasteiger charge is -2.10. The third-order valence-electron chi connectivity index (χ3n) is 3.64. The van der Waals surface area contributed by atoms with Crippen LogP contribution in [-0.4, -0.2) is 24.7 Å². The fraction of sp³-hybridized carbons (Fsp3) is 0.0588. The van der Waals surface area contributed by atoms with E-state index >= 15 is 0 Å². The monoisotopic (exact) mass is 336 g/mol. The first-order valence-corrected chi connectivity index (χ1v) is 7.69. The molecule has 118 valence electrons. The van der Waals surface area contributed by atoms with Crippen molar-refractivity contribution >= 4 is 28.3 Å². The van der Waals surface area contributed by atoms with Crippen molar-refractivity contribution in [1.29, 1.82) is 0 Å². The van der Waals surface area contributed by atoms with Gasteiger partial charge in [-0.1, -0.05) is 17.7 Å². The molecule has 0 aliphatic carbocycles. The van der Waals surface area contributed by atoms with Crippen LogP contribution < -0.4 is 5.73 Å². The first-order chi connectivity index (χ1) is 11.6. The molecule has 3 heterocycles. The SMILES string of the molecule is Cc1ccn(-c2nc(N)cnc2-c2cc(Cl)c3ncccc3c2)n1. The van der Waals surface area contributed by atoms with Gasteiger partial charge in [0.05, 0.1) is 22.4 Å². The van der Waals surface area contributed by atoms with Gasteiger partial charge in [0.15, 0.2) is 5.82 Å². The molecular weight excluding hydrogens is 324 g/mol. The van der Waals surface area contributed by atoms with Gasteiger partial charge in [-0.3, -0.25) is 4.98 Å². The highest BCUT2D eigenvalue weighted by atomic mass is 35.5. The Morgan fingerprint density at radius 2 is 2.04 bits per heavy atom. The van der Waals surface area contributed by atoms with E-state index < -0.39 is 0 Å². The predicted octanol–water partition coefficient (Wildman–Crippen LogP) is 3.42. The van der Waals surface area contributed by atoms with Gasteiger partial charge in [-0.2, -0.15) is 5.10 Å². The molecule has 4 rings (SSSR count). The van der Waals surface area contributed by atoms with Crippen LogP contribution in [0.5, 0.6) is 0 Å². The number of halogens is 1. The molecule has 0 spiro atoms. The van der Waals surface area contributed by atoms with Gasteiger partial charge in [0.1, 0.15) is 11.5 Å². The summed E-state index contributed by atoms with van der Waals surface area (Å²) in [5.41, 5.74) is 8.93. The molecule has 6 nitrogen and oxygen atoms in total. The van der Waals surface area contributed by atoms with Crippen LogP contribution in [0, 0.1) is 6.92 Å². The van der Waals surface area contributed by atoms with Crippen molar-refractivity contribution in [3.05, 3.63) is 59.6 Å². The molecule has 0 saturated carbocycles. The zero-order valence-corrected chi connectivity index (χ0v) is 13.6. The Balaban J connectivity index is 1.97. The van der Waals surface area contributed by atoms with Crippen LogP contribution in [0.15, 0.2) is 48.9 Å². The highest BCUT2D eigenvalue weighted by molar-refractivity contribution is 6.35. The van der Waals surface area contributed by atoms with E-state index in [1.54, 1.807) is 10.9 Å². The summed E-state index contributed by atoms with van der Waals surface area (Å²) >= 11 is 6.39. The van der Waals surface area contributed by atoms with Crippen LogP contribution in [0.2, 0.25) is 5.02 Å². The van der Waals surface area contributed by atoms with E-state index in [2.05, 4.69) is 20.1 Å². The summed E-state index contributed by atoms with van der Waals surface area (Å²) in [4.78, 5) is 13.2. The lowest BCUT2D eigenvalue weighted by atomic mass is 10.1. The standard InChI is InChI=1S/C17H13ClN6/c1-10-4-6-24(23-10)17-16(21-9-14(19)22-17)12-7-11-3-2-5-20-15(11)13(18)8-12/h2-9H,1H3,(H2,19,22). The summed E-state index contributed by atoms with van der Waals surface area (Å²) in [7, 11) is 0. The minimum absolute atomic E-state index is 0.329. The Hall–Kier alpha value is -2.99. The molecule has 0 aliphatic heterocycles. The second-order valence-electron chi connectivity index (χ2n) is 5.40. The first kappa shape index (κ1) is 14.6. The number of aryl methyl sites for hydroxylation is 1. The van der Waals surface area contributed by atoms with Crippen LogP contribution >= 0.6 is 11.6 Å². The number of benzene rings is 1. The molecule has 7 heteroatoms. The summed E-state index contributed by atoms with van der Waals surface area (Å²) in [6.07, 6.45) is 5.07. The number of hydrogen-bond acceptors (Lipinski definition) is 5. The molecule has 0 bridgehead atoms. The van der Waals surface area contributed by atoms with Gasteiger partial charge < -0.3 is 5.73 Å². The topological polar surface area (TPSA) is 82.5 Å². The zero-order chi connectivity index (χ0) is 16.7. The molecule has 3 aromatic heterocycles. The normalized spacial score (nSPS) is 11.1. The Labute approximate surface area is 143 Å². The molecule has 24 heavy (non-hydrogen) atoms. The van der Waals surface area contributed by atoms with Gasteiger partial charge >= 0.3 is 0 Å². The maximum atomic E-state index is 6.39. The van der Waals surface area contributed by atoms with E-state index in [-0.39, 0.29) is 0 Å². The number of aromatic nitrogens is 5. The Kier molecular flexibility index (Phi) is 3.39. The predicted molar refractivity (Wildman–Crippen MR) is 94.1 cm³/mol. The number of nitrogens with zero attached hydrogens (tertiary/aromatic N) is 5. The van der Waals surface area contributed by atoms with Crippen LogP contribution in [-0.2, 0) is 0 Å². The molecule has 0 atom stereocenters. The van der Waals surface area contributed by atoms with E-state index in [0.29, 0.717) is 22.4 Å². The Morgan fingerprint density at radius 1 is 1.17 bits per heavy atom. The zero-order valence-electron chi connectivity index (χ0n) is 12.8. The van der Waals surface area contributed by atoms with Gasteiger partial charge in [-0.25, -0.2) is 14.6 Å². The highest BCUT2D eigenvalue weighted by Gasteiger charge is 2.14. The van der Waals surface area contributed by atoms with Gasteiger partial charge in [-0.05, 0) is 31.2 Å². The molecule has 0 saturated heterocycles. The number of nitrogen functional groups attached to an aromatic ring is 1. The first-order valence-electron chi connectivity index (χ1n) is 7.31. The molecule has 4 aromatic rings. The lowest BCUT2D eigenvalue weighted by Crippen LogP contribution is -2.06. The van der Waals surface area contributed by atoms with Crippen molar-refractivity contribution < 1.29 is 0 Å². The van der Waals surface area contributed by atoms with Gasteiger partial charge in [0.2, 0.25) is 0 Å². The van der Waals surface area contributed by atoms with Crippen LogP contribution in [0.1, 0.15) is 5.69 Å². The molecule has 1 aromatic carbocycles. The maximum Gasteiger partial charge on any atom is 0.182 e. The van der Waals surface area contributed by atoms with Crippen molar-refractivity contribution in [2.24, 2.45) is 0 Å². The minimum atomic E-state index is 0.329. The van der Waals surface area contributed by atoms with Crippen molar-refractivity contribution in [1.82, 2.24) is 24.7 Å². The Bertz CT molecular complexity index is 1060. The smallest absolute Gasteiger partial charge is 0.182 e. The molecule has 2 N–H and O–H groups in total. The van der Waals surface area contributed by atoms with Gasteiger partial charge in [0, 0.05) is 23.3 Å². The third kappa shape index (κ3) is 2.47. The van der Waals surface area contributed by atoms with E-state index in [4.69, 9.17) is 17.3 Å². The number of fused-ring (bicyclic) bond motifs is 1. The van der Waals surface area contributed by atoms with E-state index in [1.807, 2.05) is 43.5 Å². The second-order valence-corrected chi connectivity index (χ2v) is 5.81. The van der Waals surface area contributed by atoms with E-state index in [0.717, 1.165) is 22.2 Å². The highest BCUT2D eigenvalue weighted by Crippen LogP contribution is 2.31. The van der Waals surface area contributed by atoms with Crippen molar-refractivity contribution in [3.8, 4) is 17.1 Å². The number of rotatable bonds is 2. The summed E-state index contributed by atoms with van der Waals surface area (Å²) < 4.78 is 1.66. The Morgan fingerprint density at radius 3 is 2.83 bits per heavy atom. The fourth-order valence-corrected chi connectivity index (χ4v) is 2.85. The maximum absolute atomic E-state index is 6.39. The molecule has 0 amide bonds. The van der Waals surface area contributed by atoms with Crippen molar-refractivity contribution in [2.45, 2.75) is 6.92 Å². The van der Waals surface area contributed by atoms with Gasteiger partial charge in [-0.15, -0.1) is 0 Å². The number of pyridine rings is 1. The number of hydrogen-bond donors (Lipinski definition) is 1. The summed E-state index contributed by atoms with van der Waals surface area (Å²) in [6.45, 7) is 1.91. The molecule has 0 aliphatic rings. The number of anilines is 1. The van der Waals surface area contributed by atoms with Crippen molar-refractivity contribution in [3.63, 3.8) is 0 Å². The molecular formula is C17H13ClN6. The van der Waals surface area contributed by atoms with Crippen LogP contribution in [0.25, 0.3) is 28.0 Å². The van der Waals surface area contributed by atoms with E-state index in [1.165, 1.54) is 6.20 Å². The second kappa shape index (κ2) is 5.58. The molecule has 0 fully saturated rings.